The molecule has 0 aromatic carbocycles. The highest BCUT2D eigenvalue weighted by molar-refractivity contribution is 5.76. The van der Waals surface area contributed by atoms with E-state index in [2.05, 4.69) is 36.3 Å². The Bertz CT molecular complexity index is 231. The number of carbonyl (C=O) groups is 1. The van der Waals surface area contributed by atoms with Crippen molar-refractivity contribution < 1.29 is 4.79 Å². The van der Waals surface area contributed by atoms with Gasteiger partial charge in [-0.15, -0.1) is 0 Å². The fourth-order valence-corrected chi connectivity index (χ4v) is 2.22. The molecule has 100 valence electrons. The van der Waals surface area contributed by atoms with Gasteiger partial charge in [0.15, 0.2) is 0 Å². The minimum absolute atomic E-state index is 0.175. The first-order chi connectivity index (χ1) is 8.13. The molecule has 1 fully saturated rings. The average Bonchev–Trinajstić information content (AvgIpc) is 2.75. The van der Waals surface area contributed by atoms with E-state index in [1.165, 1.54) is 13.0 Å². The summed E-state index contributed by atoms with van der Waals surface area (Å²) in [6, 6.07) is 0.629. The van der Waals surface area contributed by atoms with Crippen molar-refractivity contribution in [1.29, 1.82) is 0 Å². The highest BCUT2D eigenvalue weighted by atomic mass is 16.1. The molecule has 4 heteroatoms. The summed E-state index contributed by atoms with van der Waals surface area (Å²) >= 11 is 0. The van der Waals surface area contributed by atoms with E-state index in [4.69, 9.17) is 0 Å². The lowest BCUT2D eigenvalue weighted by Gasteiger charge is -2.20. The molecule has 0 aliphatic carbocycles. The number of nitrogens with one attached hydrogen (secondary N) is 2. The topological polar surface area (TPSA) is 44.4 Å². The van der Waals surface area contributed by atoms with Crippen LogP contribution in [-0.4, -0.2) is 49.6 Å². The molecule has 1 saturated heterocycles. The molecule has 1 amide bonds. The van der Waals surface area contributed by atoms with Crippen molar-refractivity contribution in [2.24, 2.45) is 5.92 Å². The predicted molar refractivity (Wildman–Crippen MR) is 71.0 cm³/mol. The van der Waals surface area contributed by atoms with Crippen LogP contribution in [0.25, 0.3) is 0 Å². The Morgan fingerprint density at radius 2 is 2.24 bits per heavy atom. The first-order valence-electron chi connectivity index (χ1n) is 6.85. The lowest BCUT2D eigenvalue weighted by Crippen LogP contribution is -2.34. The second kappa shape index (κ2) is 7.67. The van der Waals surface area contributed by atoms with Crippen molar-refractivity contribution >= 4 is 5.91 Å². The van der Waals surface area contributed by atoms with Crippen LogP contribution in [0.5, 0.6) is 0 Å². The van der Waals surface area contributed by atoms with E-state index >= 15 is 0 Å². The normalized spacial score (nSPS) is 21.1. The number of amides is 1. The Labute approximate surface area is 105 Å². The summed E-state index contributed by atoms with van der Waals surface area (Å²) in [6.07, 6.45) is 1.81. The molecule has 1 heterocycles. The number of hydrogen-bond donors (Lipinski definition) is 2. The highest BCUT2D eigenvalue weighted by Crippen LogP contribution is 2.17. The summed E-state index contributed by atoms with van der Waals surface area (Å²) in [7, 11) is 0. The molecule has 17 heavy (non-hydrogen) atoms. The van der Waals surface area contributed by atoms with Gasteiger partial charge in [-0.3, -0.25) is 4.79 Å². The van der Waals surface area contributed by atoms with E-state index < -0.39 is 0 Å². The third kappa shape index (κ3) is 5.50. The van der Waals surface area contributed by atoms with E-state index in [0.717, 1.165) is 26.2 Å². The molecule has 1 unspecified atom stereocenters. The van der Waals surface area contributed by atoms with Crippen molar-refractivity contribution in [1.82, 2.24) is 15.5 Å². The summed E-state index contributed by atoms with van der Waals surface area (Å²) in [4.78, 5) is 14.0. The second-order valence-electron chi connectivity index (χ2n) is 5.15. The first-order valence-corrected chi connectivity index (χ1v) is 6.85. The van der Waals surface area contributed by atoms with Crippen molar-refractivity contribution in [2.75, 3.05) is 32.7 Å². The molecule has 0 aromatic heterocycles. The Hall–Kier alpha value is -0.610. The van der Waals surface area contributed by atoms with Crippen LogP contribution < -0.4 is 10.6 Å². The minimum Gasteiger partial charge on any atom is -0.356 e. The average molecular weight is 241 g/mol. The maximum atomic E-state index is 11.5. The lowest BCUT2D eigenvalue weighted by molar-refractivity contribution is -0.121. The van der Waals surface area contributed by atoms with Crippen molar-refractivity contribution in [3.63, 3.8) is 0 Å². The van der Waals surface area contributed by atoms with E-state index in [-0.39, 0.29) is 5.91 Å². The zero-order chi connectivity index (χ0) is 12.7. The van der Waals surface area contributed by atoms with Crippen LogP contribution in [-0.2, 0) is 4.79 Å². The quantitative estimate of drug-likeness (QED) is 0.649. The molecule has 1 aliphatic heterocycles. The van der Waals surface area contributed by atoms with Gasteiger partial charge in [0.2, 0.25) is 5.91 Å². The summed E-state index contributed by atoms with van der Waals surface area (Å²) < 4.78 is 0. The monoisotopic (exact) mass is 241 g/mol. The molecule has 1 atom stereocenters. The zero-order valence-electron chi connectivity index (χ0n) is 11.5. The van der Waals surface area contributed by atoms with Gasteiger partial charge in [-0.05, 0) is 39.3 Å². The Morgan fingerprint density at radius 3 is 2.82 bits per heavy atom. The lowest BCUT2D eigenvalue weighted by atomic mass is 10.1. The van der Waals surface area contributed by atoms with Gasteiger partial charge >= 0.3 is 0 Å². The van der Waals surface area contributed by atoms with Gasteiger partial charge in [0.25, 0.3) is 0 Å². The van der Waals surface area contributed by atoms with Crippen LogP contribution in [0, 0.1) is 5.92 Å². The second-order valence-corrected chi connectivity index (χ2v) is 5.15. The zero-order valence-corrected chi connectivity index (χ0v) is 11.5. The van der Waals surface area contributed by atoms with Crippen LogP contribution in [0.4, 0.5) is 0 Å². The molecule has 4 nitrogen and oxygen atoms in total. The molecule has 0 saturated carbocycles. The van der Waals surface area contributed by atoms with E-state index in [1.54, 1.807) is 0 Å². The predicted octanol–water partition coefficient (Wildman–Crippen LogP) is 0.833. The van der Waals surface area contributed by atoms with Crippen LogP contribution in [0.2, 0.25) is 0 Å². The van der Waals surface area contributed by atoms with E-state index in [0.29, 0.717) is 18.4 Å². The number of carbonyl (C=O) groups excluding carboxylic acids is 1. The van der Waals surface area contributed by atoms with Crippen LogP contribution in [0.3, 0.4) is 0 Å². The Balaban J connectivity index is 2.09. The van der Waals surface area contributed by atoms with Crippen LogP contribution in [0.1, 0.15) is 33.6 Å². The fraction of sp³-hybridized carbons (Fsp3) is 0.923. The third-order valence-corrected chi connectivity index (χ3v) is 3.41. The number of likely N-dealkylation sites (tertiary alicyclic amines) is 1. The van der Waals surface area contributed by atoms with Crippen molar-refractivity contribution in [3.05, 3.63) is 0 Å². The summed E-state index contributed by atoms with van der Waals surface area (Å²) in [5.74, 6) is 0.814. The molecule has 2 N–H and O–H groups in total. The number of rotatable bonds is 7. The maximum Gasteiger partial charge on any atom is 0.221 e. The largest absolute Gasteiger partial charge is 0.356 e. The van der Waals surface area contributed by atoms with Gasteiger partial charge in [-0.2, -0.15) is 0 Å². The van der Waals surface area contributed by atoms with Crippen LogP contribution in [0.15, 0.2) is 0 Å². The minimum atomic E-state index is 0.175. The molecule has 0 spiro atoms. The Morgan fingerprint density at radius 1 is 1.47 bits per heavy atom. The summed E-state index contributed by atoms with van der Waals surface area (Å²) in [5.41, 5.74) is 0. The first kappa shape index (κ1) is 14.5. The molecule has 1 rings (SSSR count). The molecular weight excluding hydrogens is 214 g/mol. The molecule has 1 aliphatic rings. The molecule has 0 aromatic rings. The van der Waals surface area contributed by atoms with E-state index in [9.17, 15) is 4.79 Å². The van der Waals surface area contributed by atoms with Gasteiger partial charge in [-0.25, -0.2) is 0 Å². The highest BCUT2D eigenvalue weighted by Gasteiger charge is 2.24. The third-order valence-electron chi connectivity index (χ3n) is 3.41. The van der Waals surface area contributed by atoms with Gasteiger partial charge in [0, 0.05) is 32.1 Å². The SMILES string of the molecule is CCNCCC(=O)NCC1CCN(C(C)C)C1. The van der Waals surface area contributed by atoms with Gasteiger partial charge in [0.1, 0.15) is 0 Å². The smallest absolute Gasteiger partial charge is 0.221 e. The molecule has 0 radical (unpaired) electrons. The van der Waals surface area contributed by atoms with Crippen molar-refractivity contribution in [3.8, 4) is 0 Å². The number of nitrogens with zero attached hydrogens (tertiary/aromatic N) is 1. The van der Waals surface area contributed by atoms with Gasteiger partial charge in [0.05, 0.1) is 0 Å². The molecular formula is C13H27N3O. The summed E-state index contributed by atoms with van der Waals surface area (Å²) in [5, 5.41) is 6.20. The summed E-state index contributed by atoms with van der Waals surface area (Å²) in [6.45, 7) is 11.4. The van der Waals surface area contributed by atoms with Crippen LogP contribution >= 0.6 is 0 Å². The number of hydrogen-bond acceptors (Lipinski definition) is 3. The van der Waals surface area contributed by atoms with E-state index in [1.807, 2.05) is 0 Å². The van der Waals surface area contributed by atoms with Gasteiger partial charge in [-0.1, -0.05) is 6.92 Å². The molecule has 0 bridgehead atoms. The standard InChI is InChI=1S/C13H27N3O/c1-4-14-7-5-13(17)15-9-12-6-8-16(10-12)11(2)3/h11-12,14H,4-10H2,1-3H3,(H,15,17). The van der Waals surface area contributed by atoms with Gasteiger partial charge < -0.3 is 15.5 Å². The van der Waals surface area contributed by atoms with Crippen molar-refractivity contribution in [2.45, 2.75) is 39.7 Å². The Kier molecular flexibility index (Phi) is 6.52. The maximum absolute atomic E-state index is 11.5. The fourth-order valence-electron chi connectivity index (χ4n) is 2.22.